The molecule has 1 aliphatic rings. The lowest BCUT2D eigenvalue weighted by Crippen LogP contribution is -2.55. The maximum atomic E-state index is 5.72. The molecule has 3 nitrogen and oxygen atoms in total. The molecule has 0 aliphatic carbocycles. The predicted octanol–water partition coefficient (Wildman–Crippen LogP) is 1.69. The van der Waals surface area contributed by atoms with Gasteiger partial charge in [-0.3, -0.25) is 11.3 Å². The maximum absolute atomic E-state index is 5.72. The van der Waals surface area contributed by atoms with Crippen LogP contribution in [0.1, 0.15) is 33.1 Å². The van der Waals surface area contributed by atoms with Gasteiger partial charge in [0.1, 0.15) is 0 Å². The quantitative estimate of drug-likeness (QED) is 0.552. The van der Waals surface area contributed by atoms with Crippen molar-refractivity contribution >= 4 is 11.8 Å². The third-order valence-corrected chi connectivity index (χ3v) is 4.61. The van der Waals surface area contributed by atoms with E-state index in [1.165, 1.54) is 37.3 Å². The standard InChI is InChI=1S/C12H27N3S/c1-4-5-10(2)8-11(14-13)12-9-16-7-6-15(12)3/h10-12,14H,4-9,13H2,1-3H3. The molecule has 0 aromatic rings. The molecule has 3 unspecified atom stereocenters. The number of nitrogens with two attached hydrogens (primary N) is 1. The van der Waals surface area contributed by atoms with E-state index >= 15 is 0 Å². The van der Waals surface area contributed by atoms with Crippen molar-refractivity contribution < 1.29 is 0 Å². The number of nitrogens with zero attached hydrogens (tertiary/aromatic N) is 1. The van der Waals surface area contributed by atoms with E-state index in [0.29, 0.717) is 12.1 Å². The van der Waals surface area contributed by atoms with E-state index in [2.05, 4.69) is 43.0 Å². The fourth-order valence-corrected chi connectivity index (χ4v) is 3.82. The molecule has 16 heavy (non-hydrogen) atoms. The summed E-state index contributed by atoms with van der Waals surface area (Å²) in [5.41, 5.74) is 3.04. The van der Waals surface area contributed by atoms with E-state index in [-0.39, 0.29) is 0 Å². The first-order valence-electron chi connectivity index (χ1n) is 6.43. The lowest BCUT2D eigenvalue weighted by atomic mass is 9.93. The van der Waals surface area contributed by atoms with Crippen LogP contribution in [-0.4, -0.2) is 42.1 Å². The fraction of sp³-hybridized carbons (Fsp3) is 1.00. The molecule has 0 aromatic heterocycles. The molecule has 0 amide bonds. The number of thioether (sulfide) groups is 1. The van der Waals surface area contributed by atoms with Gasteiger partial charge < -0.3 is 4.90 Å². The number of hydrogen-bond donors (Lipinski definition) is 2. The highest BCUT2D eigenvalue weighted by Crippen LogP contribution is 2.22. The minimum absolute atomic E-state index is 0.444. The van der Waals surface area contributed by atoms with Crippen molar-refractivity contribution in [1.82, 2.24) is 10.3 Å². The lowest BCUT2D eigenvalue weighted by Gasteiger charge is -2.38. The van der Waals surface area contributed by atoms with Gasteiger partial charge in [-0.25, -0.2) is 0 Å². The Bertz CT molecular complexity index is 189. The summed E-state index contributed by atoms with van der Waals surface area (Å²) in [5, 5.41) is 0. The summed E-state index contributed by atoms with van der Waals surface area (Å²) in [7, 11) is 2.22. The second kappa shape index (κ2) is 7.54. The van der Waals surface area contributed by atoms with Gasteiger partial charge in [0.15, 0.2) is 0 Å². The number of hydrazine groups is 1. The molecule has 1 fully saturated rings. The smallest absolute Gasteiger partial charge is 0.0376 e. The van der Waals surface area contributed by atoms with Crippen molar-refractivity contribution in [1.29, 1.82) is 0 Å². The van der Waals surface area contributed by atoms with Crippen molar-refractivity contribution in [3.63, 3.8) is 0 Å². The number of likely N-dealkylation sites (N-methyl/N-ethyl adjacent to an activating group) is 1. The van der Waals surface area contributed by atoms with Gasteiger partial charge in [0.05, 0.1) is 0 Å². The van der Waals surface area contributed by atoms with Gasteiger partial charge in [0.2, 0.25) is 0 Å². The molecule has 0 spiro atoms. The van der Waals surface area contributed by atoms with Gasteiger partial charge in [-0.2, -0.15) is 11.8 Å². The van der Waals surface area contributed by atoms with E-state index in [1.807, 2.05) is 0 Å². The van der Waals surface area contributed by atoms with E-state index in [9.17, 15) is 0 Å². The van der Waals surface area contributed by atoms with E-state index in [1.54, 1.807) is 0 Å². The normalized spacial score (nSPS) is 26.6. The highest BCUT2D eigenvalue weighted by molar-refractivity contribution is 7.99. The Morgan fingerprint density at radius 1 is 1.56 bits per heavy atom. The molecule has 0 bridgehead atoms. The summed E-state index contributed by atoms with van der Waals surface area (Å²) in [6, 6.07) is 1.04. The summed E-state index contributed by atoms with van der Waals surface area (Å²) in [6.45, 7) is 5.78. The van der Waals surface area contributed by atoms with Crippen LogP contribution in [0.4, 0.5) is 0 Å². The monoisotopic (exact) mass is 245 g/mol. The predicted molar refractivity (Wildman–Crippen MR) is 73.5 cm³/mol. The topological polar surface area (TPSA) is 41.3 Å². The number of nitrogens with one attached hydrogen (secondary N) is 1. The Labute approximate surface area is 104 Å². The number of hydrogen-bond acceptors (Lipinski definition) is 4. The third kappa shape index (κ3) is 4.24. The molecule has 0 aromatic carbocycles. The molecule has 3 atom stereocenters. The molecule has 4 heteroatoms. The third-order valence-electron chi connectivity index (χ3n) is 3.56. The lowest BCUT2D eigenvalue weighted by molar-refractivity contribution is 0.194. The van der Waals surface area contributed by atoms with E-state index < -0.39 is 0 Å². The fourth-order valence-electron chi connectivity index (χ4n) is 2.51. The summed E-state index contributed by atoms with van der Waals surface area (Å²) in [5.74, 6) is 8.97. The van der Waals surface area contributed by atoms with Crippen LogP contribution in [0.2, 0.25) is 0 Å². The molecule has 1 heterocycles. The van der Waals surface area contributed by atoms with Crippen molar-refractivity contribution in [3.05, 3.63) is 0 Å². The molecule has 0 radical (unpaired) electrons. The minimum Gasteiger partial charge on any atom is -0.300 e. The first-order chi connectivity index (χ1) is 7.69. The summed E-state index contributed by atoms with van der Waals surface area (Å²) in [6.07, 6.45) is 3.77. The summed E-state index contributed by atoms with van der Waals surface area (Å²) < 4.78 is 0. The molecular weight excluding hydrogens is 218 g/mol. The molecule has 1 saturated heterocycles. The van der Waals surface area contributed by atoms with Crippen LogP contribution in [0.15, 0.2) is 0 Å². The van der Waals surface area contributed by atoms with Crippen molar-refractivity contribution in [3.8, 4) is 0 Å². The Balaban J connectivity index is 2.45. The average molecular weight is 245 g/mol. The first-order valence-corrected chi connectivity index (χ1v) is 7.58. The Kier molecular flexibility index (Phi) is 6.73. The molecule has 96 valence electrons. The highest BCUT2D eigenvalue weighted by atomic mass is 32.2. The Morgan fingerprint density at radius 3 is 2.88 bits per heavy atom. The van der Waals surface area contributed by atoms with Gasteiger partial charge in [-0.1, -0.05) is 26.7 Å². The molecule has 3 N–H and O–H groups in total. The Hall–Kier alpha value is 0.230. The first kappa shape index (κ1) is 14.3. The van der Waals surface area contributed by atoms with Gasteiger partial charge in [-0.05, 0) is 19.4 Å². The number of rotatable bonds is 6. The van der Waals surface area contributed by atoms with Crippen LogP contribution in [0.5, 0.6) is 0 Å². The Morgan fingerprint density at radius 2 is 2.31 bits per heavy atom. The average Bonchev–Trinajstić information content (AvgIpc) is 2.27. The largest absolute Gasteiger partial charge is 0.300 e. The molecule has 1 aliphatic heterocycles. The zero-order valence-electron chi connectivity index (χ0n) is 10.9. The second-order valence-corrected chi connectivity index (χ2v) is 6.18. The van der Waals surface area contributed by atoms with Crippen LogP contribution < -0.4 is 11.3 Å². The van der Waals surface area contributed by atoms with Crippen molar-refractivity contribution in [2.24, 2.45) is 11.8 Å². The summed E-state index contributed by atoms with van der Waals surface area (Å²) in [4.78, 5) is 2.46. The van der Waals surface area contributed by atoms with Crippen LogP contribution in [0, 0.1) is 5.92 Å². The van der Waals surface area contributed by atoms with Crippen LogP contribution >= 0.6 is 11.8 Å². The SMILES string of the molecule is CCCC(C)CC(NN)C1CSCCN1C. The van der Waals surface area contributed by atoms with Crippen LogP contribution in [0.3, 0.4) is 0 Å². The van der Waals surface area contributed by atoms with Crippen molar-refractivity contribution in [2.75, 3.05) is 25.1 Å². The zero-order valence-corrected chi connectivity index (χ0v) is 11.7. The van der Waals surface area contributed by atoms with Gasteiger partial charge in [0.25, 0.3) is 0 Å². The van der Waals surface area contributed by atoms with E-state index in [4.69, 9.17) is 5.84 Å². The van der Waals surface area contributed by atoms with Gasteiger partial charge in [0, 0.05) is 30.1 Å². The van der Waals surface area contributed by atoms with Gasteiger partial charge in [-0.15, -0.1) is 0 Å². The van der Waals surface area contributed by atoms with Crippen molar-refractivity contribution in [2.45, 2.75) is 45.2 Å². The van der Waals surface area contributed by atoms with E-state index in [0.717, 1.165) is 5.92 Å². The van der Waals surface area contributed by atoms with Crippen LogP contribution in [0.25, 0.3) is 0 Å². The maximum Gasteiger partial charge on any atom is 0.0376 e. The van der Waals surface area contributed by atoms with Crippen LogP contribution in [-0.2, 0) is 0 Å². The molecule has 0 saturated carbocycles. The minimum atomic E-state index is 0.444. The van der Waals surface area contributed by atoms with Gasteiger partial charge >= 0.3 is 0 Å². The molecule has 1 rings (SSSR count). The second-order valence-electron chi connectivity index (χ2n) is 5.03. The zero-order chi connectivity index (χ0) is 12.0. The highest BCUT2D eigenvalue weighted by Gasteiger charge is 2.28. The summed E-state index contributed by atoms with van der Waals surface area (Å²) >= 11 is 2.05. The molecular formula is C12H27N3S.